The van der Waals surface area contributed by atoms with Gasteiger partial charge in [0.05, 0.1) is 7.11 Å². The maximum atomic E-state index is 10.4. The quantitative estimate of drug-likeness (QED) is 0.442. The van der Waals surface area contributed by atoms with Gasteiger partial charge < -0.3 is 0 Å². The van der Waals surface area contributed by atoms with Crippen molar-refractivity contribution in [2.75, 3.05) is 11.5 Å². The molecule has 5 heteroatoms. The first-order valence-corrected chi connectivity index (χ1v) is 4.75. The van der Waals surface area contributed by atoms with Crippen LogP contribution in [0.1, 0.15) is 6.42 Å². The fourth-order valence-corrected chi connectivity index (χ4v) is 0.999. The van der Waals surface area contributed by atoms with Crippen molar-refractivity contribution in [1.82, 2.24) is 5.48 Å². The molecule has 0 heterocycles. The first-order chi connectivity index (χ1) is 4.31. The lowest BCUT2D eigenvalue weighted by molar-refractivity contribution is -0.130. The van der Waals surface area contributed by atoms with Crippen molar-refractivity contribution in [1.29, 1.82) is 0 Å². The summed E-state index contributed by atoms with van der Waals surface area (Å²) in [6.07, 6.45) is 0.296. The third-order valence-corrected chi connectivity index (χ3v) is 1.59. The third kappa shape index (κ3) is 5.84. The highest BCUT2D eigenvalue weighted by Crippen LogP contribution is 1.94. The van der Waals surface area contributed by atoms with E-state index in [2.05, 4.69) is 10.3 Å². The predicted molar refractivity (Wildman–Crippen MR) is 39.3 cm³/mol. The molecule has 0 saturated heterocycles. The van der Waals surface area contributed by atoms with Gasteiger partial charge in [0, 0.05) is 10.8 Å². The second-order valence-corrected chi connectivity index (χ2v) is 2.98. The van der Waals surface area contributed by atoms with Crippen molar-refractivity contribution in [3.63, 3.8) is 0 Å². The number of carbonyl (C=O) groups excluding carboxylic acids is 1. The molecule has 0 aliphatic rings. The summed E-state index contributed by atoms with van der Waals surface area (Å²) in [5.74, 6) is -0.215. The zero-order valence-corrected chi connectivity index (χ0v) is 7.17. The molecule has 54 valence electrons. The maximum Gasteiger partial charge on any atom is 0.244 e. The molecule has 0 aliphatic carbocycles. The predicted octanol–water partition coefficient (Wildman–Crippen LogP) is 0.370. The number of nitrogens with one attached hydrogen (secondary N) is 1. The smallest absolute Gasteiger partial charge is 0.244 e. The molecule has 0 aromatic heterocycles. The molecule has 0 fully saturated rings. The Hall–Kier alpha value is -0.0400. The summed E-state index contributed by atoms with van der Waals surface area (Å²) in [4.78, 5) is 14.8. The number of rotatable bonds is 4. The molecule has 0 rings (SSSR count). The number of halogens is 1. The maximum absolute atomic E-state index is 10.4. The topological polar surface area (TPSA) is 55.4 Å². The van der Waals surface area contributed by atoms with Crippen molar-refractivity contribution in [3.8, 4) is 0 Å². The largest absolute Gasteiger partial charge is 0.277 e. The van der Waals surface area contributed by atoms with Crippen LogP contribution >= 0.6 is 21.2 Å². The lowest BCUT2D eigenvalue weighted by atomic mass is 10.5. The summed E-state index contributed by atoms with van der Waals surface area (Å²) >= 11 is -1.00. The molecule has 0 aromatic rings. The van der Waals surface area contributed by atoms with Crippen LogP contribution in [-0.4, -0.2) is 17.4 Å². The Morgan fingerprint density at radius 2 is 2.44 bits per heavy atom. The van der Waals surface area contributed by atoms with E-state index >= 15 is 0 Å². The lowest BCUT2D eigenvalue weighted by Gasteiger charge is -1.96. The number of amides is 1. The fraction of sp³-hybridized carbons (Fsp3) is 0.750. The highest BCUT2D eigenvalue weighted by molar-refractivity contribution is 14.1. The summed E-state index contributed by atoms with van der Waals surface area (Å²) in [5, 5.41) is 0. The molecule has 4 nitrogen and oxygen atoms in total. The van der Waals surface area contributed by atoms with Gasteiger partial charge in [-0.15, -0.1) is 0 Å². The van der Waals surface area contributed by atoms with Gasteiger partial charge in [-0.2, -0.15) is 0 Å². The van der Waals surface area contributed by atoms with Gasteiger partial charge in [0.2, 0.25) is 5.91 Å². The number of hydroxylamine groups is 1. The molecular formula is C4H8INO3. The Bertz CT molecular complexity index is 106. The molecular weight excluding hydrogens is 237 g/mol. The molecule has 0 spiro atoms. The van der Waals surface area contributed by atoms with Crippen molar-refractivity contribution in [2.45, 2.75) is 6.42 Å². The normalized spacial score (nSPS) is 9.00. The highest BCUT2D eigenvalue weighted by Gasteiger charge is 1.96. The first-order valence-electron chi connectivity index (χ1n) is 2.34. The Labute approximate surface area is 63.5 Å². The Morgan fingerprint density at radius 3 is 2.89 bits per heavy atom. The van der Waals surface area contributed by atoms with Gasteiger partial charge in [-0.3, -0.25) is 12.7 Å². The van der Waals surface area contributed by atoms with Gasteiger partial charge in [0.25, 0.3) is 0 Å². The van der Waals surface area contributed by atoms with Crippen LogP contribution in [-0.2, 0) is 12.7 Å². The van der Waals surface area contributed by atoms with Crippen LogP contribution in [0.4, 0.5) is 0 Å². The second-order valence-electron chi connectivity index (χ2n) is 1.28. The van der Waals surface area contributed by atoms with Gasteiger partial charge in [0.1, 0.15) is 21.2 Å². The Balaban J connectivity index is 3.16. The van der Waals surface area contributed by atoms with Crippen LogP contribution in [0.15, 0.2) is 0 Å². The number of hydrogen-bond acceptors (Lipinski definition) is 3. The van der Waals surface area contributed by atoms with Gasteiger partial charge in [-0.25, -0.2) is 5.48 Å². The van der Waals surface area contributed by atoms with Crippen molar-refractivity contribution >= 4 is 27.1 Å². The van der Waals surface area contributed by atoms with E-state index in [9.17, 15) is 7.86 Å². The van der Waals surface area contributed by atoms with E-state index in [0.29, 0.717) is 10.8 Å². The van der Waals surface area contributed by atoms with E-state index in [4.69, 9.17) is 0 Å². The van der Waals surface area contributed by atoms with Crippen LogP contribution < -0.4 is 5.48 Å². The highest BCUT2D eigenvalue weighted by atomic mass is 127. The minimum atomic E-state index is -1.00. The Kier molecular flexibility index (Phi) is 6.06. The fourth-order valence-electron chi connectivity index (χ4n) is 0.289. The average molecular weight is 245 g/mol. The van der Waals surface area contributed by atoms with Crippen molar-refractivity contribution < 1.29 is 12.7 Å². The number of carbonyl (C=O) groups is 1. The average Bonchev–Trinajstić information content (AvgIpc) is 1.85. The zero-order chi connectivity index (χ0) is 7.11. The SMILES string of the molecule is CONC(=O)CCI=O. The molecule has 0 aromatic carbocycles. The van der Waals surface area contributed by atoms with Gasteiger partial charge >= 0.3 is 0 Å². The molecule has 0 saturated carbocycles. The molecule has 1 amide bonds. The molecule has 0 bridgehead atoms. The zero-order valence-electron chi connectivity index (χ0n) is 5.02. The van der Waals surface area contributed by atoms with E-state index in [1.807, 2.05) is 0 Å². The van der Waals surface area contributed by atoms with Gasteiger partial charge in [0.15, 0.2) is 0 Å². The monoisotopic (exact) mass is 245 g/mol. The summed E-state index contributed by atoms with van der Waals surface area (Å²) in [5.41, 5.74) is 2.12. The minimum absolute atomic E-state index is 0.215. The summed E-state index contributed by atoms with van der Waals surface area (Å²) < 4.78 is 10.4. The summed E-state index contributed by atoms with van der Waals surface area (Å²) in [6, 6.07) is 0. The van der Waals surface area contributed by atoms with Crippen LogP contribution in [0.2, 0.25) is 0 Å². The van der Waals surface area contributed by atoms with Gasteiger partial charge in [-0.1, -0.05) is 0 Å². The van der Waals surface area contributed by atoms with Crippen LogP contribution in [0.25, 0.3) is 0 Å². The molecule has 0 atom stereocenters. The molecule has 0 unspecified atom stereocenters. The summed E-state index contributed by atoms with van der Waals surface area (Å²) in [6.45, 7) is 0. The first kappa shape index (κ1) is 8.96. The van der Waals surface area contributed by atoms with Crippen LogP contribution in [0.3, 0.4) is 0 Å². The molecule has 9 heavy (non-hydrogen) atoms. The molecule has 0 radical (unpaired) electrons. The number of alkyl halides is 1. The van der Waals surface area contributed by atoms with E-state index in [1.165, 1.54) is 7.11 Å². The van der Waals surface area contributed by atoms with E-state index in [1.54, 1.807) is 0 Å². The van der Waals surface area contributed by atoms with Crippen LogP contribution in [0, 0.1) is 0 Å². The third-order valence-electron chi connectivity index (χ3n) is 0.615. The van der Waals surface area contributed by atoms with Crippen molar-refractivity contribution in [3.05, 3.63) is 0 Å². The minimum Gasteiger partial charge on any atom is -0.277 e. The van der Waals surface area contributed by atoms with Crippen LogP contribution in [0.5, 0.6) is 0 Å². The summed E-state index contributed by atoms with van der Waals surface area (Å²) in [7, 11) is 1.37. The molecule has 0 aliphatic heterocycles. The van der Waals surface area contributed by atoms with E-state index in [-0.39, 0.29) is 5.91 Å². The second kappa shape index (κ2) is 6.09. The standard InChI is InChI=1S/C4H8INO3/c1-9-6-4(7)2-3-5-8/h2-3H2,1H3,(H,6,7). The number of hydrogen-bond donors (Lipinski definition) is 1. The van der Waals surface area contributed by atoms with E-state index in [0.717, 1.165) is 0 Å². The Morgan fingerprint density at radius 1 is 1.78 bits per heavy atom. The van der Waals surface area contributed by atoms with E-state index < -0.39 is 21.2 Å². The van der Waals surface area contributed by atoms with Crippen molar-refractivity contribution in [2.24, 2.45) is 0 Å². The lowest BCUT2D eigenvalue weighted by Crippen LogP contribution is -2.21. The van der Waals surface area contributed by atoms with Gasteiger partial charge in [-0.05, 0) is 0 Å². The molecule has 1 N–H and O–H groups in total.